The van der Waals surface area contributed by atoms with Crippen molar-refractivity contribution < 1.29 is 9.90 Å². The van der Waals surface area contributed by atoms with Gasteiger partial charge in [0.2, 0.25) is 0 Å². The number of carboxylic acids is 1. The summed E-state index contributed by atoms with van der Waals surface area (Å²) >= 11 is 0. The van der Waals surface area contributed by atoms with Gasteiger partial charge in [0.05, 0.1) is 12.9 Å². The predicted molar refractivity (Wildman–Crippen MR) is 49.3 cm³/mol. The van der Waals surface area contributed by atoms with Crippen LogP contribution in [0.1, 0.15) is 16.3 Å². The molecule has 0 atom stereocenters. The minimum Gasteiger partial charge on any atom is -0.476 e. The van der Waals surface area contributed by atoms with E-state index in [4.69, 9.17) is 5.11 Å². The standard InChI is InChI=1S/C8H9N5O2/c1-12-4-10-7(11-12)3-13-2-6(8(14)15)9-5-13/h2,4-5H,3H2,1H3,(H,14,15). The van der Waals surface area contributed by atoms with Gasteiger partial charge < -0.3 is 9.67 Å². The fourth-order valence-electron chi connectivity index (χ4n) is 1.18. The average molecular weight is 207 g/mol. The van der Waals surface area contributed by atoms with E-state index in [1.807, 2.05) is 0 Å². The second-order valence-electron chi connectivity index (χ2n) is 3.07. The molecule has 78 valence electrons. The lowest BCUT2D eigenvalue weighted by Gasteiger charge is -1.95. The molecule has 0 radical (unpaired) electrons. The van der Waals surface area contributed by atoms with Crippen LogP contribution in [0.15, 0.2) is 18.9 Å². The van der Waals surface area contributed by atoms with Crippen LogP contribution in [0.25, 0.3) is 0 Å². The van der Waals surface area contributed by atoms with E-state index in [1.54, 1.807) is 22.6 Å². The van der Waals surface area contributed by atoms with E-state index in [9.17, 15) is 4.79 Å². The number of imidazole rings is 1. The van der Waals surface area contributed by atoms with Crippen molar-refractivity contribution in [3.05, 3.63) is 30.4 Å². The van der Waals surface area contributed by atoms with E-state index < -0.39 is 5.97 Å². The maximum absolute atomic E-state index is 10.6. The Kier molecular flexibility index (Phi) is 2.20. The average Bonchev–Trinajstić information content (AvgIpc) is 2.76. The van der Waals surface area contributed by atoms with Gasteiger partial charge in [-0.3, -0.25) is 4.68 Å². The number of hydrogen-bond donors (Lipinski definition) is 1. The quantitative estimate of drug-likeness (QED) is 0.750. The summed E-state index contributed by atoms with van der Waals surface area (Å²) in [7, 11) is 1.77. The molecule has 2 aromatic rings. The molecular formula is C8H9N5O2. The van der Waals surface area contributed by atoms with Gasteiger partial charge in [0, 0.05) is 13.2 Å². The SMILES string of the molecule is Cn1cnc(Cn2cnc(C(=O)O)c2)n1. The highest BCUT2D eigenvalue weighted by molar-refractivity contribution is 5.84. The third-order valence-electron chi connectivity index (χ3n) is 1.82. The minimum absolute atomic E-state index is 0.0194. The number of carboxylic acid groups (broad SMARTS) is 1. The van der Waals surface area contributed by atoms with Crippen LogP contribution in [0.4, 0.5) is 0 Å². The maximum atomic E-state index is 10.6. The first-order valence-corrected chi connectivity index (χ1v) is 4.25. The van der Waals surface area contributed by atoms with Gasteiger partial charge in [0.1, 0.15) is 6.33 Å². The molecule has 15 heavy (non-hydrogen) atoms. The number of aromatic nitrogens is 5. The van der Waals surface area contributed by atoms with Crippen molar-refractivity contribution in [2.75, 3.05) is 0 Å². The predicted octanol–water partition coefficient (Wildman–Crippen LogP) is -0.242. The van der Waals surface area contributed by atoms with Gasteiger partial charge in [-0.25, -0.2) is 14.8 Å². The Hall–Kier alpha value is -2.18. The van der Waals surface area contributed by atoms with E-state index in [2.05, 4.69) is 15.1 Å². The Morgan fingerprint density at radius 1 is 1.47 bits per heavy atom. The first-order chi connectivity index (χ1) is 7.15. The normalized spacial score (nSPS) is 10.5. The van der Waals surface area contributed by atoms with E-state index in [0.29, 0.717) is 12.4 Å². The first-order valence-electron chi connectivity index (χ1n) is 4.25. The molecule has 0 fully saturated rings. The molecule has 0 saturated heterocycles. The number of nitrogens with zero attached hydrogens (tertiary/aromatic N) is 5. The summed E-state index contributed by atoms with van der Waals surface area (Å²) in [5.41, 5.74) is 0.0194. The largest absolute Gasteiger partial charge is 0.476 e. The monoisotopic (exact) mass is 207 g/mol. The van der Waals surface area contributed by atoms with Gasteiger partial charge in [-0.1, -0.05) is 0 Å². The van der Waals surface area contributed by atoms with Gasteiger partial charge >= 0.3 is 5.97 Å². The van der Waals surface area contributed by atoms with Gasteiger partial charge in [0.15, 0.2) is 11.5 Å². The summed E-state index contributed by atoms with van der Waals surface area (Å²) in [4.78, 5) is 18.3. The highest BCUT2D eigenvalue weighted by Gasteiger charge is 2.07. The van der Waals surface area contributed by atoms with Gasteiger partial charge in [-0.2, -0.15) is 5.10 Å². The second-order valence-corrected chi connectivity index (χ2v) is 3.07. The molecule has 0 bridgehead atoms. The summed E-state index contributed by atoms with van der Waals surface area (Å²) in [6.07, 6.45) is 4.48. The molecule has 0 aliphatic rings. The van der Waals surface area contributed by atoms with Crippen molar-refractivity contribution in [2.45, 2.75) is 6.54 Å². The summed E-state index contributed by atoms with van der Waals surface area (Å²) in [5, 5.41) is 12.7. The number of carbonyl (C=O) groups is 1. The molecule has 0 spiro atoms. The molecule has 2 aromatic heterocycles. The summed E-state index contributed by atoms with van der Waals surface area (Å²) in [5.74, 6) is -0.422. The molecule has 2 rings (SSSR count). The Bertz CT molecular complexity index is 487. The fourth-order valence-corrected chi connectivity index (χ4v) is 1.18. The van der Waals surface area contributed by atoms with Crippen LogP contribution in [0.2, 0.25) is 0 Å². The van der Waals surface area contributed by atoms with E-state index >= 15 is 0 Å². The molecule has 2 heterocycles. The zero-order valence-corrected chi connectivity index (χ0v) is 8.03. The van der Waals surface area contributed by atoms with Crippen molar-refractivity contribution in [3.63, 3.8) is 0 Å². The summed E-state index contributed by atoms with van der Waals surface area (Å²) in [6.45, 7) is 0.418. The Labute approximate surface area is 85.0 Å². The lowest BCUT2D eigenvalue weighted by Crippen LogP contribution is -2.00. The third kappa shape index (κ3) is 2.01. The van der Waals surface area contributed by atoms with Crippen LogP contribution in [0.5, 0.6) is 0 Å². The van der Waals surface area contributed by atoms with Crippen LogP contribution in [0.3, 0.4) is 0 Å². The fraction of sp³-hybridized carbons (Fsp3) is 0.250. The molecule has 1 N–H and O–H groups in total. The minimum atomic E-state index is -1.04. The summed E-state index contributed by atoms with van der Waals surface area (Å²) < 4.78 is 3.21. The molecule has 0 aromatic carbocycles. The van der Waals surface area contributed by atoms with Crippen molar-refractivity contribution in [1.29, 1.82) is 0 Å². The molecular weight excluding hydrogens is 198 g/mol. The highest BCUT2D eigenvalue weighted by atomic mass is 16.4. The zero-order valence-electron chi connectivity index (χ0n) is 8.03. The molecule has 0 unspecified atom stereocenters. The van der Waals surface area contributed by atoms with E-state index in [1.165, 1.54) is 12.5 Å². The van der Waals surface area contributed by atoms with E-state index in [0.717, 1.165) is 0 Å². The molecule has 0 aliphatic carbocycles. The van der Waals surface area contributed by atoms with Gasteiger partial charge in [-0.05, 0) is 0 Å². The second kappa shape index (κ2) is 3.52. The Balaban J connectivity index is 2.14. The lowest BCUT2D eigenvalue weighted by atomic mass is 10.5. The lowest BCUT2D eigenvalue weighted by molar-refractivity contribution is 0.0691. The van der Waals surface area contributed by atoms with Gasteiger partial charge in [0.25, 0.3) is 0 Å². The van der Waals surface area contributed by atoms with Crippen molar-refractivity contribution in [2.24, 2.45) is 7.05 Å². The van der Waals surface area contributed by atoms with Gasteiger partial charge in [-0.15, -0.1) is 0 Å². The Morgan fingerprint density at radius 3 is 2.80 bits per heavy atom. The number of aryl methyl sites for hydroxylation is 1. The first kappa shape index (κ1) is 9.38. The Morgan fingerprint density at radius 2 is 2.27 bits per heavy atom. The van der Waals surface area contributed by atoms with E-state index in [-0.39, 0.29) is 5.69 Å². The van der Waals surface area contributed by atoms with Crippen molar-refractivity contribution >= 4 is 5.97 Å². The van der Waals surface area contributed by atoms with Crippen LogP contribution in [0, 0.1) is 0 Å². The third-order valence-corrected chi connectivity index (χ3v) is 1.82. The zero-order chi connectivity index (χ0) is 10.8. The summed E-state index contributed by atoms with van der Waals surface area (Å²) in [6, 6.07) is 0. The van der Waals surface area contributed by atoms with Crippen LogP contribution >= 0.6 is 0 Å². The van der Waals surface area contributed by atoms with Crippen molar-refractivity contribution in [1.82, 2.24) is 24.3 Å². The maximum Gasteiger partial charge on any atom is 0.356 e. The molecule has 0 amide bonds. The number of hydrogen-bond acceptors (Lipinski definition) is 4. The van der Waals surface area contributed by atoms with Crippen LogP contribution in [-0.4, -0.2) is 35.4 Å². The molecule has 7 heteroatoms. The number of rotatable bonds is 3. The molecule has 0 saturated carbocycles. The van der Waals surface area contributed by atoms with Crippen LogP contribution in [-0.2, 0) is 13.6 Å². The number of aromatic carboxylic acids is 1. The molecule has 0 aliphatic heterocycles. The smallest absolute Gasteiger partial charge is 0.356 e. The highest BCUT2D eigenvalue weighted by Crippen LogP contribution is 1.99. The molecule has 7 nitrogen and oxygen atoms in total. The van der Waals surface area contributed by atoms with Crippen molar-refractivity contribution in [3.8, 4) is 0 Å². The van der Waals surface area contributed by atoms with Crippen LogP contribution < -0.4 is 0 Å². The topological polar surface area (TPSA) is 85.8 Å².